The van der Waals surface area contributed by atoms with E-state index in [9.17, 15) is 5.11 Å². The van der Waals surface area contributed by atoms with Crippen LogP contribution in [0.3, 0.4) is 0 Å². The molecule has 4 nitrogen and oxygen atoms in total. The maximum absolute atomic E-state index is 10.5. The van der Waals surface area contributed by atoms with E-state index in [0.29, 0.717) is 13.2 Å². The third-order valence-corrected chi connectivity index (χ3v) is 8.16. The van der Waals surface area contributed by atoms with Crippen molar-refractivity contribution in [3.63, 3.8) is 0 Å². The topological polar surface area (TPSA) is 47.9 Å². The van der Waals surface area contributed by atoms with Gasteiger partial charge >= 0.3 is 0 Å². The van der Waals surface area contributed by atoms with Gasteiger partial charge in [-0.3, -0.25) is 0 Å². The summed E-state index contributed by atoms with van der Waals surface area (Å²) in [6.07, 6.45) is 9.95. The average molecular weight is 485 g/mol. The van der Waals surface area contributed by atoms with Crippen molar-refractivity contribution in [3.05, 3.63) is 23.3 Å². The molecule has 188 valence electrons. The Morgan fingerprint density at radius 1 is 1.19 bits per heavy atom. The van der Waals surface area contributed by atoms with Crippen molar-refractivity contribution in [2.45, 2.75) is 123 Å². The van der Waals surface area contributed by atoms with E-state index in [1.165, 1.54) is 11.1 Å². The summed E-state index contributed by atoms with van der Waals surface area (Å²) in [6.45, 7) is 23.4. The maximum Gasteiger partial charge on any atom is 0.184 e. The number of aliphatic hydroxyl groups is 1. The van der Waals surface area contributed by atoms with E-state index in [-0.39, 0.29) is 23.7 Å². The molecule has 0 aromatic carbocycles. The molecule has 2 unspecified atom stereocenters. The van der Waals surface area contributed by atoms with Crippen molar-refractivity contribution in [2.24, 2.45) is 5.92 Å². The number of rotatable bonds is 12. The summed E-state index contributed by atoms with van der Waals surface area (Å²) in [7, 11) is -3.20. The first kappa shape index (κ1) is 29.8. The molecule has 1 heterocycles. The highest BCUT2D eigenvalue weighted by molar-refractivity contribution is 6.70. The van der Waals surface area contributed by atoms with Gasteiger partial charge in [-0.2, -0.15) is 0 Å². The molecular formula is C26H52O4Si2. The monoisotopic (exact) mass is 484 g/mol. The normalized spacial score (nSPS) is 26.0. The average Bonchev–Trinajstić information content (AvgIpc) is 2.78. The van der Waals surface area contributed by atoms with Gasteiger partial charge in [0, 0.05) is 0 Å². The minimum absolute atomic E-state index is 0.115. The number of hydrogen-bond acceptors (Lipinski definition) is 4. The smallest absolute Gasteiger partial charge is 0.184 e. The van der Waals surface area contributed by atoms with Crippen LogP contribution < -0.4 is 0 Å². The Balaban J connectivity index is 2.78. The molecule has 1 fully saturated rings. The SMILES string of the molecule is CC(C)=CCC(O)C(C)CCC[C@]1(C)OC/C(=C/CO[Si](C)(C)C)CC[C@H]1O[Si](C)(C)C. The van der Waals surface area contributed by atoms with E-state index < -0.39 is 16.6 Å². The first-order valence-electron chi connectivity index (χ1n) is 12.6. The van der Waals surface area contributed by atoms with Crippen LogP contribution >= 0.6 is 0 Å². The highest BCUT2D eigenvalue weighted by Crippen LogP contribution is 2.35. The predicted octanol–water partition coefficient (Wildman–Crippen LogP) is 7.08. The Bertz CT molecular complexity index is 614. The molecule has 1 saturated heterocycles. The summed E-state index contributed by atoms with van der Waals surface area (Å²) >= 11 is 0. The van der Waals surface area contributed by atoms with Crippen molar-refractivity contribution in [1.29, 1.82) is 0 Å². The molecule has 0 radical (unpaired) electrons. The zero-order chi connectivity index (χ0) is 24.6. The lowest BCUT2D eigenvalue weighted by atomic mass is 9.87. The molecule has 1 aliphatic heterocycles. The fourth-order valence-electron chi connectivity index (χ4n) is 4.01. The van der Waals surface area contributed by atoms with Gasteiger partial charge in [0.15, 0.2) is 16.6 Å². The van der Waals surface area contributed by atoms with Gasteiger partial charge in [0.05, 0.1) is 31.0 Å². The third-order valence-electron chi connectivity index (χ3n) is 6.14. The van der Waals surface area contributed by atoms with Gasteiger partial charge in [-0.15, -0.1) is 0 Å². The van der Waals surface area contributed by atoms with Crippen molar-refractivity contribution in [3.8, 4) is 0 Å². The van der Waals surface area contributed by atoms with Crippen LogP contribution in [0.5, 0.6) is 0 Å². The number of aliphatic hydroxyl groups excluding tert-OH is 1. The summed E-state index contributed by atoms with van der Waals surface area (Å²) in [5.41, 5.74) is 2.31. The van der Waals surface area contributed by atoms with Crippen LogP contribution in [0.4, 0.5) is 0 Å². The van der Waals surface area contributed by atoms with E-state index in [2.05, 4.69) is 79.1 Å². The van der Waals surface area contributed by atoms with E-state index in [1.54, 1.807) is 0 Å². The molecular weight excluding hydrogens is 432 g/mol. The lowest BCUT2D eigenvalue weighted by Gasteiger charge is -2.39. The molecule has 1 N–H and O–H groups in total. The van der Waals surface area contributed by atoms with Gasteiger partial charge in [-0.05, 0) is 104 Å². The first-order valence-corrected chi connectivity index (χ1v) is 19.4. The van der Waals surface area contributed by atoms with Gasteiger partial charge in [0.1, 0.15) is 0 Å². The van der Waals surface area contributed by atoms with Gasteiger partial charge in [0.2, 0.25) is 0 Å². The molecule has 4 atom stereocenters. The Kier molecular flexibility index (Phi) is 12.1. The van der Waals surface area contributed by atoms with Crippen LogP contribution in [0, 0.1) is 5.92 Å². The van der Waals surface area contributed by atoms with E-state index in [0.717, 1.165) is 38.5 Å². The lowest BCUT2D eigenvalue weighted by Crippen LogP contribution is -2.47. The Labute approximate surface area is 201 Å². The highest BCUT2D eigenvalue weighted by Gasteiger charge is 2.40. The van der Waals surface area contributed by atoms with Gasteiger partial charge < -0.3 is 18.7 Å². The third kappa shape index (κ3) is 12.3. The van der Waals surface area contributed by atoms with Crippen LogP contribution in [0.15, 0.2) is 23.3 Å². The molecule has 0 amide bonds. The Morgan fingerprint density at radius 3 is 2.41 bits per heavy atom. The second-order valence-corrected chi connectivity index (χ2v) is 21.1. The van der Waals surface area contributed by atoms with Gasteiger partial charge in [0.25, 0.3) is 0 Å². The summed E-state index contributed by atoms with van der Waals surface area (Å²) in [6, 6.07) is 0. The maximum atomic E-state index is 10.5. The fourth-order valence-corrected chi connectivity index (χ4v) is 5.82. The number of ether oxygens (including phenoxy) is 1. The van der Waals surface area contributed by atoms with Crippen molar-refractivity contribution in [2.75, 3.05) is 13.2 Å². The largest absolute Gasteiger partial charge is 0.414 e. The Morgan fingerprint density at radius 2 is 1.84 bits per heavy atom. The standard InChI is InChI=1S/C26H52O4Si2/c1-21(2)13-15-24(27)22(3)12-11-18-26(4)25(30-32(8,9)10)16-14-23(20-28-26)17-19-29-31(5,6)7/h13,17,22,24-25,27H,11-12,14-16,18-20H2,1-10H3/b23-17+/t22?,24?,25-,26+/m1/s1. The molecule has 0 aromatic rings. The van der Waals surface area contributed by atoms with Crippen LogP contribution in [0.1, 0.15) is 66.2 Å². The van der Waals surface area contributed by atoms with Crippen molar-refractivity contribution >= 4 is 16.6 Å². The second kappa shape index (κ2) is 13.0. The van der Waals surface area contributed by atoms with Crippen LogP contribution in [0.25, 0.3) is 0 Å². The molecule has 0 saturated carbocycles. The zero-order valence-electron chi connectivity index (χ0n) is 22.7. The molecule has 0 aliphatic carbocycles. The second-order valence-electron chi connectivity index (χ2n) is 12.1. The quantitative estimate of drug-likeness (QED) is 0.237. The van der Waals surface area contributed by atoms with Gasteiger partial charge in [-0.1, -0.05) is 31.1 Å². The van der Waals surface area contributed by atoms with Crippen molar-refractivity contribution < 1.29 is 18.7 Å². The lowest BCUT2D eigenvalue weighted by molar-refractivity contribution is -0.0979. The minimum atomic E-state index is -1.69. The van der Waals surface area contributed by atoms with Crippen LogP contribution in [0.2, 0.25) is 39.3 Å². The van der Waals surface area contributed by atoms with E-state index >= 15 is 0 Å². The summed E-state index contributed by atoms with van der Waals surface area (Å²) in [4.78, 5) is 0. The number of hydrogen-bond donors (Lipinski definition) is 1. The van der Waals surface area contributed by atoms with Gasteiger partial charge in [-0.25, -0.2) is 0 Å². The first-order chi connectivity index (χ1) is 14.6. The molecule has 6 heteroatoms. The molecule has 1 aliphatic rings. The fraction of sp³-hybridized carbons (Fsp3) is 0.846. The van der Waals surface area contributed by atoms with Crippen LogP contribution in [-0.2, 0) is 13.6 Å². The summed E-state index contributed by atoms with van der Waals surface area (Å²) in [5.74, 6) is 0.283. The van der Waals surface area contributed by atoms with Crippen molar-refractivity contribution in [1.82, 2.24) is 0 Å². The molecule has 0 bridgehead atoms. The minimum Gasteiger partial charge on any atom is -0.414 e. The predicted molar refractivity (Wildman–Crippen MR) is 142 cm³/mol. The molecule has 0 aromatic heterocycles. The molecule has 32 heavy (non-hydrogen) atoms. The molecule has 1 rings (SSSR count). The van der Waals surface area contributed by atoms with Crippen LogP contribution in [-0.4, -0.2) is 52.8 Å². The summed E-state index contributed by atoms with van der Waals surface area (Å²) < 4.78 is 19.3. The van der Waals surface area contributed by atoms with E-state index in [1.807, 2.05) is 0 Å². The van der Waals surface area contributed by atoms with E-state index in [4.69, 9.17) is 13.6 Å². The number of allylic oxidation sites excluding steroid dienone is 1. The highest BCUT2D eigenvalue weighted by atomic mass is 28.4. The summed E-state index contributed by atoms with van der Waals surface area (Å²) in [5, 5.41) is 10.5. The Hall–Kier alpha value is -0.246. The molecule has 0 spiro atoms. The zero-order valence-corrected chi connectivity index (χ0v) is 24.7.